The Morgan fingerprint density at radius 2 is 1.85 bits per heavy atom. The highest BCUT2D eigenvalue weighted by molar-refractivity contribution is 5.94. The number of imidazole rings is 1. The van der Waals surface area contributed by atoms with Crippen LogP contribution in [0.25, 0.3) is 56.1 Å². The lowest BCUT2D eigenvalue weighted by Gasteiger charge is -2.10. The van der Waals surface area contributed by atoms with E-state index in [2.05, 4.69) is 36.1 Å². The average molecular weight is 436 g/mol. The molecule has 0 amide bonds. The third kappa shape index (κ3) is 3.44. The number of hydrogen-bond acceptors (Lipinski definition) is 7. The summed E-state index contributed by atoms with van der Waals surface area (Å²) in [6.07, 6.45) is 8.74. The second-order valence-corrected chi connectivity index (χ2v) is 8.14. The molecule has 0 saturated heterocycles. The third-order valence-corrected chi connectivity index (χ3v) is 5.42. The monoisotopic (exact) mass is 436 g/mol. The van der Waals surface area contributed by atoms with Crippen LogP contribution in [0.1, 0.15) is 5.56 Å². The normalized spacial score (nSPS) is 11.7. The maximum Gasteiger partial charge on any atom is 0.161 e. The highest BCUT2D eigenvalue weighted by Crippen LogP contribution is 2.30. The molecule has 0 aliphatic rings. The second-order valence-electron chi connectivity index (χ2n) is 8.14. The van der Waals surface area contributed by atoms with Crippen LogP contribution in [0.2, 0.25) is 0 Å². The fraction of sp³-hybridized carbons (Fsp3) is 0.125. The molecule has 0 aliphatic heterocycles. The molecule has 0 unspecified atom stereocenters. The number of furan rings is 1. The van der Waals surface area contributed by atoms with Gasteiger partial charge in [0, 0.05) is 36.3 Å². The van der Waals surface area contributed by atoms with Crippen LogP contribution in [0.4, 0.5) is 0 Å². The summed E-state index contributed by atoms with van der Waals surface area (Å²) in [7, 11) is 4.07. The summed E-state index contributed by atoms with van der Waals surface area (Å²) in [6.45, 7) is 0.812. The Hall–Kier alpha value is -4.37. The van der Waals surface area contributed by atoms with Crippen molar-refractivity contribution in [2.75, 3.05) is 14.1 Å². The molecule has 0 radical (unpaired) electrons. The summed E-state index contributed by atoms with van der Waals surface area (Å²) < 4.78 is 5.23. The Morgan fingerprint density at radius 1 is 0.939 bits per heavy atom. The molecule has 0 spiro atoms. The number of hydrogen-bond donors (Lipinski definition) is 2. The maximum absolute atomic E-state index is 5.23. The number of rotatable bonds is 5. The van der Waals surface area contributed by atoms with Gasteiger partial charge in [0.2, 0.25) is 0 Å². The molecule has 162 valence electrons. The molecule has 0 saturated carbocycles. The van der Waals surface area contributed by atoms with Gasteiger partial charge in [-0.2, -0.15) is 5.10 Å². The van der Waals surface area contributed by atoms with Crippen LogP contribution >= 0.6 is 0 Å². The van der Waals surface area contributed by atoms with Gasteiger partial charge in [-0.05, 0) is 50.0 Å². The summed E-state index contributed by atoms with van der Waals surface area (Å²) in [5, 5.41) is 7.57. The van der Waals surface area contributed by atoms with E-state index in [0.29, 0.717) is 11.5 Å². The summed E-state index contributed by atoms with van der Waals surface area (Å²) in [5.41, 5.74) is 8.38. The van der Waals surface area contributed by atoms with Gasteiger partial charge in [-0.1, -0.05) is 0 Å². The van der Waals surface area contributed by atoms with E-state index in [1.807, 2.05) is 50.8 Å². The smallest absolute Gasteiger partial charge is 0.161 e. The van der Waals surface area contributed by atoms with Gasteiger partial charge in [0.05, 0.1) is 29.3 Å². The standard InChI is InChI=1S/C24H20N8O/c1-32(2)12-14-9-16(11-25-10-14)17-3-4-19-22(27-17)23(31-30-19)24-28-18-5-7-26-20(21(18)29-24)15-6-8-33-13-15/h3-11,13H,12H2,1-2H3,(H,28,29)(H,30,31). The molecule has 9 heteroatoms. The van der Waals surface area contributed by atoms with Crippen LogP contribution in [0, 0.1) is 0 Å². The van der Waals surface area contributed by atoms with E-state index in [9.17, 15) is 0 Å². The van der Waals surface area contributed by atoms with Crippen molar-refractivity contribution in [3.8, 4) is 34.0 Å². The number of pyridine rings is 3. The first-order valence-electron chi connectivity index (χ1n) is 10.5. The predicted molar refractivity (Wildman–Crippen MR) is 125 cm³/mol. The fourth-order valence-electron chi connectivity index (χ4n) is 3.96. The molecule has 2 N–H and O–H groups in total. The summed E-state index contributed by atoms with van der Waals surface area (Å²) >= 11 is 0. The first-order chi connectivity index (χ1) is 16.2. The van der Waals surface area contributed by atoms with Gasteiger partial charge >= 0.3 is 0 Å². The Bertz CT molecular complexity index is 1580. The molecule has 6 rings (SSSR count). The average Bonchev–Trinajstić information content (AvgIpc) is 3.57. The van der Waals surface area contributed by atoms with Gasteiger partial charge in [0.15, 0.2) is 11.5 Å². The van der Waals surface area contributed by atoms with Crippen LogP contribution in [-0.2, 0) is 6.54 Å². The predicted octanol–water partition coefficient (Wildman–Crippen LogP) is 4.28. The molecule has 6 aromatic heterocycles. The lowest BCUT2D eigenvalue weighted by atomic mass is 10.1. The number of aromatic amines is 2. The molecule has 0 fully saturated rings. The molecule has 0 bridgehead atoms. The van der Waals surface area contributed by atoms with Crippen LogP contribution < -0.4 is 0 Å². The molecule has 0 atom stereocenters. The van der Waals surface area contributed by atoms with E-state index in [-0.39, 0.29) is 0 Å². The van der Waals surface area contributed by atoms with Gasteiger partial charge in [-0.15, -0.1) is 0 Å². The number of H-pyrrole nitrogens is 2. The van der Waals surface area contributed by atoms with Crippen LogP contribution in [0.15, 0.2) is 65.9 Å². The van der Waals surface area contributed by atoms with Crippen molar-refractivity contribution in [3.63, 3.8) is 0 Å². The Morgan fingerprint density at radius 3 is 2.70 bits per heavy atom. The molecule has 9 nitrogen and oxygen atoms in total. The van der Waals surface area contributed by atoms with Gasteiger partial charge in [-0.25, -0.2) is 9.97 Å². The SMILES string of the molecule is CN(C)Cc1cncc(-c2ccc3[nH]nc(-c4nc5c(-c6ccoc6)nccc5[nH]4)c3n2)c1. The number of fused-ring (bicyclic) bond motifs is 2. The minimum atomic E-state index is 0.623. The molecular weight excluding hydrogens is 416 g/mol. The first-order valence-corrected chi connectivity index (χ1v) is 10.5. The molecule has 6 heterocycles. The largest absolute Gasteiger partial charge is 0.472 e. The van der Waals surface area contributed by atoms with Crippen molar-refractivity contribution in [2.24, 2.45) is 0 Å². The highest BCUT2D eigenvalue weighted by Gasteiger charge is 2.17. The molecule has 0 aliphatic carbocycles. The molecule has 0 aromatic carbocycles. The highest BCUT2D eigenvalue weighted by atomic mass is 16.3. The van der Waals surface area contributed by atoms with Crippen molar-refractivity contribution in [3.05, 3.63) is 67.0 Å². The van der Waals surface area contributed by atoms with Crippen molar-refractivity contribution in [2.45, 2.75) is 6.54 Å². The van der Waals surface area contributed by atoms with Gasteiger partial charge in [0.25, 0.3) is 0 Å². The summed E-state index contributed by atoms with van der Waals surface area (Å²) in [4.78, 5) is 24.1. The molecule has 6 aromatic rings. The Labute approximate surface area is 188 Å². The van der Waals surface area contributed by atoms with E-state index in [4.69, 9.17) is 14.4 Å². The molecular formula is C24H20N8O. The third-order valence-electron chi connectivity index (χ3n) is 5.42. The van der Waals surface area contributed by atoms with Crippen molar-refractivity contribution in [1.29, 1.82) is 0 Å². The minimum Gasteiger partial charge on any atom is -0.472 e. The molecule has 33 heavy (non-hydrogen) atoms. The lowest BCUT2D eigenvalue weighted by Crippen LogP contribution is -2.10. The van der Waals surface area contributed by atoms with E-state index in [1.165, 1.54) is 0 Å². The van der Waals surface area contributed by atoms with Crippen molar-refractivity contribution >= 4 is 22.1 Å². The van der Waals surface area contributed by atoms with Crippen LogP contribution in [-0.4, -0.2) is 54.1 Å². The number of aromatic nitrogens is 7. The minimum absolute atomic E-state index is 0.623. The second kappa shape index (κ2) is 7.64. The Kier molecular flexibility index (Phi) is 4.48. The van der Waals surface area contributed by atoms with Crippen LogP contribution in [0.3, 0.4) is 0 Å². The van der Waals surface area contributed by atoms with Gasteiger partial charge in [-0.3, -0.25) is 15.1 Å². The Balaban J connectivity index is 1.45. The van der Waals surface area contributed by atoms with Crippen LogP contribution in [0.5, 0.6) is 0 Å². The lowest BCUT2D eigenvalue weighted by molar-refractivity contribution is 0.402. The van der Waals surface area contributed by atoms with Crippen molar-refractivity contribution < 1.29 is 4.42 Å². The van der Waals surface area contributed by atoms with E-state index in [0.717, 1.165) is 56.7 Å². The zero-order valence-electron chi connectivity index (χ0n) is 18.1. The van der Waals surface area contributed by atoms with E-state index >= 15 is 0 Å². The van der Waals surface area contributed by atoms with E-state index < -0.39 is 0 Å². The summed E-state index contributed by atoms with van der Waals surface area (Å²) in [5.74, 6) is 0.623. The summed E-state index contributed by atoms with van der Waals surface area (Å²) in [6, 6.07) is 9.83. The zero-order valence-corrected chi connectivity index (χ0v) is 18.1. The fourth-order valence-corrected chi connectivity index (χ4v) is 3.96. The number of nitrogens with zero attached hydrogens (tertiary/aromatic N) is 6. The number of nitrogens with one attached hydrogen (secondary N) is 2. The maximum atomic E-state index is 5.23. The quantitative estimate of drug-likeness (QED) is 0.415. The van der Waals surface area contributed by atoms with Gasteiger partial charge < -0.3 is 14.3 Å². The van der Waals surface area contributed by atoms with Gasteiger partial charge in [0.1, 0.15) is 16.7 Å². The van der Waals surface area contributed by atoms with E-state index in [1.54, 1.807) is 18.7 Å². The zero-order chi connectivity index (χ0) is 22.4. The first kappa shape index (κ1) is 19.3. The topological polar surface area (TPSA) is 112 Å². The van der Waals surface area contributed by atoms with Crippen molar-refractivity contribution in [1.82, 2.24) is 40.0 Å².